The van der Waals surface area contributed by atoms with Gasteiger partial charge < -0.3 is 5.73 Å². The number of hydrogen-bond acceptors (Lipinski definition) is 2. The number of benzene rings is 1. The highest BCUT2D eigenvalue weighted by Crippen LogP contribution is 2.37. The number of anilines is 1. The van der Waals surface area contributed by atoms with Crippen LogP contribution in [0, 0.1) is 5.82 Å². The maximum Gasteiger partial charge on any atom is 0.126 e. The number of nitrogens with zero attached hydrogens (tertiary/aromatic N) is 1. The van der Waals surface area contributed by atoms with Crippen molar-refractivity contribution >= 4 is 28.2 Å². The molecule has 2 nitrogen and oxygen atoms in total. The summed E-state index contributed by atoms with van der Waals surface area (Å²) in [6, 6.07) is 4.56. The first kappa shape index (κ1) is 11.7. The van der Waals surface area contributed by atoms with Crippen molar-refractivity contribution in [1.82, 2.24) is 4.98 Å². The van der Waals surface area contributed by atoms with E-state index in [9.17, 15) is 4.39 Å². The fourth-order valence-electron chi connectivity index (χ4n) is 2.77. The van der Waals surface area contributed by atoms with E-state index in [0.717, 1.165) is 18.5 Å². The van der Waals surface area contributed by atoms with Gasteiger partial charge in [-0.2, -0.15) is 0 Å². The molecule has 1 fully saturated rings. The van der Waals surface area contributed by atoms with Crippen LogP contribution in [0.1, 0.15) is 37.3 Å². The second kappa shape index (κ2) is 4.39. The van der Waals surface area contributed by atoms with E-state index < -0.39 is 0 Å². The van der Waals surface area contributed by atoms with Gasteiger partial charge in [0.25, 0.3) is 0 Å². The van der Waals surface area contributed by atoms with Crippen LogP contribution in [0.3, 0.4) is 0 Å². The van der Waals surface area contributed by atoms with Crippen molar-refractivity contribution in [2.75, 3.05) is 5.73 Å². The quantitative estimate of drug-likeness (QED) is 0.835. The van der Waals surface area contributed by atoms with E-state index in [0.29, 0.717) is 27.5 Å². The molecule has 1 aliphatic rings. The summed E-state index contributed by atoms with van der Waals surface area (Å²) in [5, 5.41) is 0.979. The van der Waals surface area contributed by atoms with Crippen molar-refractivity contribution in [1.29, 1.82) is 0 Å². The predicted molar refractivity (Wildman–Crippen MR) is 72.3 cm³/mol. The lowest BCUT2D eigenvalue weighted by Crippen LogP contribution is -2.00. The van der Waals surface area contributed by atoms with Crippen LogP contribution in [0.2, 0.25) is 5.02 Å². The van der Waals surface area contributed by atoms with E-state index in [1.807, 2.05) is 6.07 Å². The van der Waals surface area contributed by atoms with Gasteiger partial charge in [0.05, 0.1) is 10.5 Å². The summed E-state index contributed by atoms with van der Waals surface area (Å²) in [4.78, 5) is 4.54. The Bertz CT molecular complexity index is 606. The highest BCUT2D eigenvalue weighted by molar-refractivity contribution is 6.36. The van der Waals surface area contributed by atoms with Gasteiger partial charge in [-0.1, -0.05) is 24.4 Å². The predicted octanol–water partition coefficient (Wildman–Crippen LogP) is 4.27. The SMILES string of the molecule is Nc1cc(C2CCCC2)nc2cc(F)cc(Cl)c12. The molecule has 1 aromatic heterocycles. The lowest BCUT2D eigenvalue weighted by molar-refractivity contribution is 0.629. The highest BCUT2D eigenvalue weighted by atomic mass is 35.5. The van der Waals surface area contributed by atoms with Crippen molar-refractivity contribution in [3.05, 3.63) is 34.7 Å². The molecule has 1 aromatic carbocycles. The van der Waals surface area contributed by atoms with E-state index >= 15 is 0 Å². The maximum atomic E-state index is 13.4. The molecule has 0 amide bonds. The summed E-state index contributed by atoms with van der Waals surface area (Å²) in [6.45, 7) is 0. The Morgan fingerprint density at radius 3 is 2.67 bits per heavy atom. The number of fused-ring (bicyclic) bond motifs is 1. The van der Waals surface area contributed by atoms with Crippen LogP contribution in [0.5, 0.6) is 0 Å². The van der Waals surface area contributed by atoms with Crippen LogP contribution in [-0.2, 0) is 0 Å². The summed E-state index contributed by atoms with van der Waals surface area (Å²) < 4.78 is 13.4. The van der Waals surface area contributed by atoms with Crippen LogP contribution in [0.4, 0.5) is 10.1 Å². The molecule has 0 atom stereocenters. The molecule has 0 unspecified atom stereocenters. The van der Waals surface area contributed by atoms with Gasteiger partial charge in [0, 0.05) is 28.8 Å². The van der Waals surface area contributed by atoms with Gasteiger partial charge in [0.1, 0.15) is 5.82 Å². The highest BCUT2D eigenvalue weighted by Gasteiger charge is 2.20. The molecule has 2 N–H and O–H groups in total. The van der Waals surface area contributed by atoms with Crippen molar-refractivity contribution in [2.24, 2.45) is 0 Å². The molecule has 1 heterocycles. The minimum Gasteiger partial charge on any atom is -0.398 e. The van der Waals surface area contributed by atoms with Gasteiger partial charge in [-0.05, 0) is 25.0 Å². The van der Waals surface area contributed by atoms with Crippen LogP contribution >= 0.6 is 11.6 Å². The monoisotopic (exact) mass is 264 g/mol. The molecule has 2 aromatic rings. The standard InChI is InChI=1S/C14H14ClFN2/c15-10-5-9(16)6-13-14(10)11(17)7-12(18-13)8-3-1-2-4-8/h5-8H,1-4H2,(H2,17,18). The Kier molecular flexibility index (Phi) is 2.86. The van der Waals surface area contributed by atoms with E-state index in [1.165, 1.54) is 25.0 Å². The second-order valence-corrected chi connectivity index (χ2v) is 5.31. The smallest absolute Gasteiger partial charge is 0.126 e. The largest absolute Gasteiger partial charge is 0.398 e. The first-order valence-corrected chi connectivity index (χ1v) is 6.58. The molecule has 4 heteroatoms. The Morgan fingerprint density at radius 1 is 1.22 bits per heavy atom. The number of halogens is 2. The third kappa shape index (κ3) is 1.93. The average Bonchev–Trinajstić information content (AvgIpc) is 2.80. The van der Waals surface area contributed by atoms with Crippen molar-refractivity contribution in [2.45, 2.75) is 31.6 Å². The van der Waals surface area contributed by atoms with Gasteiger partial charge in [0.15, 0.2) is 0 Å². The van der Waals surface area contributed by atoms with Crippen LogP contribution < -0.4 is 5.73 Å². The molecule has 1 saturated carbocycles. The fraction of sp³-hybridized carbons (Fsp3) is 0.357. The summed E-state index contributed by atoms with van der Waals surface area (Å²) in [7, 11) is 0. The number of pyridine rings is 1. The minimum atomic E-state index is -0.372. The zero-order valence-corrected chi connectivity index (χ0v) is 10.7. The Labute approximate surface area is 110 Å². The zero-order chi connectivity index (χ0) is 12.7. The van der Waals surface area contributed by atoms with Gasteiger partial charge in [-0.15, -0.1) is 0 Å². The lowest BCUT2D eigenvalue weighted by atomic mass is 10.0. The zero-order valence-electron chi connectivity index (χ0n) is 9.92. The first-order chi connectivity index (χ1) is 8.65. The molecule has 0 spiro atoms. The van der Waals surface area contributed by atoms with E-state index in [-0.39, 0.29) is 5.82 Å². The van der Waals surface area contributed by atoms with Gasteiger partial charge >= 0.3 is 0 Å². The van der Waals surface area contributed by atoms with Crippen LogP contribution in [0.15, 0.2) is 18.2 Å². The molecule has 1 aliphatic carbocycles. The summed E-state index contributed by atoms with van der Waals surface area (Å²) in [5.74, 6) is 0.0849. The molecule has 18 heavy (non-hydrogen) atoms. The molecule has 0 bridgehead atoms. The Hall–Kier alpha value is -1.35. The number of nitrogens with two attached hydrogens (primary N) is 1. The first-order valence-electron chi connectivity index (χ1n) is 6.20. The van der Waals surface area contributed by atoms with Crippen LogP contribution in [-0.4, -0.2) is 4.98 Å². The van der Waals surface area contributed by atoms with Gasteiger partial charge in [-0.3, -0.25) is 4.98 Å². The van der Waals surface area contributed by atoms with Crippen molar-refractivity contribution in [3.8, 4) is 0 Å². The molecule has 0 saturated heterocycles. The summed E-state index contributed by atoms with van der Waals surface area (Å²) >= 11 is 6.02. The summed E-state index contributed by atoms with van der Waals surface area (Å²) in [5.41, 5.74) is 8.15. The van der Waals surface area contributed by atoms with Gasteiger partial charge in [0.2, 0.25) is 0 Å². The molecule has 3 rings (SSSR count). The molecule has 0 radical (unpaired) electrons. The third-order valence-electron chi connectivity index (χ3n) is 3.65. The number of nitrogen functional groups attached to an aromatic ring is 1. The second-order valence-electron chi connectivity index (χ2n) is 4.90. The third-order valence-corrected chi connectivity index (χ3v) is 3.95. The molecule has 0 aliphatic heterocycles. The molecule has 94 valence electrons. The topological polar surface area (TPSA) is 38.9 Å². The maximum absolute atomic E-state index is 13.4. The fourth-order valence-corrected chi connectivity index (χ4v) is 3.08. The van der Waals surface area contributed by atoms with E-state index in [4.69, 9.17) is 17.3 Å². The van der Waals surface area contributed by atoms with Crippen LogP contribution in [0.25, 0.3) is 10.9 Å². The lowest BCUT2D eigenvalue weighted by Gasteiger charge is -2.12. The number of hydrogen-bond donors (Lipinski definition) is 1. The Morgan fingerprint density at radius 2 is 1.94 bits per heavy atom. The van der Waals surface area contributed by atoms with Crippen molar-refractivity contribution in [3.63, 3.8) is 0 Å². The number of aromatic nitrogens is 1. The molecular formula is C14H14ClFN2. The molecular weight excluding hydrogens is 251 g/mol. The summed E-state index contributed by atoms with van der Waals surface area (Å²) in [6.07, 6.45) is 4.74. The normalized spacial score (nSPS) is 16.6. The van der Waals surface area contributed by atoms with Gasteiger partial charge in [-0.25, -0.2) is 4.39 Å². The van der Waals surface area contributed by atoms with E-state index in [1.54, 1.807) is 0 Å². The Balaban J connectivity index is 2.19. The number of rotatable bonds is 1. The minimum absolute atomic E-state index is 0.327. The van der Waals surface area contributed by atoms with E-state index in [2.05, 4.69) is 4.98 Å². The average molecular weight is 265 g/mol. The van der Waals surface area contributed by atoms with Crippen molar-refractivity contribution < 1.29 is 4.39 Å².